The molecule has 2 aromatic carbocycles. The first-order chi connectivity index (χ1) is 13.8. The van der Waals surface area contributed by atoms with Gasteiger partial charge in [-0.05, 0) is 65.1 Å². The lowest BCUT2D eigenvalue weighted by Crippen LogP contribution is -2.19. The Balaban J connectivity index is 2.65. The van der Waals surface area contributed by atoms with Crippen molar-refractivity contribution in [1.82, 2.24) is 0 Å². The Morgan fingerprint density at radius 2 is 1.30 bits per heavy atom. The van der Waals surface area contributed by atoms with Crippen LogP contribution in [-0.2, 0) is 14.8 Å². The van der Waals surface area contributed by atoms with Gasteiger partial charge in [-0.2, -0.15) is 0 Å². The van der Waals surface area contributed by atoms with Crippen LogP contribution in [0.25, 0.3) is 0 Å². The van der Waals surface area contributed by atoms with Crippen molar-refractivity contribution in [2.24, 2.45) is 0 Å². The van der Waals surface area contributed by atoms with E-state index in [0.29, 0.717) is 22.2 Å². The minimum atomic E-state index is -3.83. The fraction of sp³-hybridized carbons (Fsp3) is 0.458. The van der Waals surface area contributed by atoms with Crippen LogP contribution < -0.4 is 10.0 Å². The van der Waals surface area contributed by atoms with Gasteiger partial charge in [0.2, 0.25) is 5.91 Å². The highest BCUT2D eigenvalue weighted by atomic mass is 32.2. The van der Waals surface area contributed by atoms with Crippen molar-refractivity contribution in [2.45, 2.75) is 78.0 Å². The molecule has 164 valence electrons. The van der Waals surface area contributed by atoms with Gasteiger partial charge in [0.25, 0.3) is 10.0 Å². The summed E-state index contributed by atoms with van der Waals surface area (Å²) in [4.78, 5) is 11.8. The van der Waals surface area contributed by atoms with Crippen molar-refractivity contribution >= 4 is 27.3 Å². The summed E-state index contributed by atoms with van der Waals surface area (Å²) < 4.78 is 29.9. The van der Waals surface area contributed by atoms with Gasteiger partial charge < -0.3 is 5.32 Å². The Labute approximate surface area is 181 Å². The van der Waals surface area contributed by atoms with Crippen LogP contribution in [0.2, 0.25) is 0 Å². The lowest BCUT2D eigenvalue weighted by atomic mass is 9.89. The van der Waals surface area contributed by atoms with E-state index >= 15 is 0 Å². The number of benzene rings is 2. The monoisotopic (exact) mass is 430 g/mol. The Morgan fingerprint density at radius 3 is 1.73 bits per heavy atom. The van der Waals surface area contributed by atoms with E-state index in [4.69, 9.17) is 0 Å². The Bertz CT molecular complexity index is 1010. The maximum atomic E-state index is 13.6. The first kappa shape index (κ1) is 23.9. The maximum absolute atomic E-state index is 13.6. The molecule has 0 atom stereocenters. The molecule has 0 heterocycles. The largest absolute Gasteiger partial charge is 0.326 e. The summed E-state index contributed by atoms with van der Waals surface area (Å²) in [6.07, 6.45) is 0. The number of hydrogen-bond acceptors (Lipinski definition) is 3. The zero-order chi connectivity index (χ0) is 22.8. The van der Waals surface area contributed by atoms with Crippen molar-refractivity contribution in [3.63, 3.8) is 0 Å². The predicted molar refractivity (Wildman–Crippen MR) is 125 cm³/mol. The van der Waals surface area contributed by atoms with Gasteiger partial charge in [0, 0.05) is 12.6 Å². The number of hydrogen-bond donors (Lipinski definition) is 2. The molecule has 2 N–H and O–H groups in total. The van der Waals surface area contributed by atoms with E-state index < -0.39 is 10.0 Å². The number of nitrogens with one attached hydrogen (secondary N) is 2. The number of rotatable bonds is 7. The molecule has 0 unspecified atom stereocenters. The second kappa shape index (κ2) is 9.21. The molecule has 0 saturated carbocycles. The Hall–Kier alpha value is -2.34. The summed E-state index contributed by atoms with van der Waals surface area (Å²) >= 11 is 0. The molecule has 0 aliphatic rings. The molecule has 0 aliphatic carbocycles. The lowest BCUT2D eigenvalue weighted by Gasteiger charge is -2.23. The fourth-order valence-electron chi connectivity index (χ4n) is 3.52. The summed E-state index contributed by atoms with van der Waals surface area (Å²) in [5.74, 6) is 0.213. The third kappa shape index (κ3) is 5.63. The molecular weight excluding hydrogens is 396 g/mol. The van der Waals surface area contributed by atoms with Crippen LogP contribution >= 0.6 is 0 Å². The minimum Gasteiger partial charge on any atom is -0.326 e. The summed E-state index contributed by atoms with van der Waals surface area (Å²) in [5, 5.41) is 2.72. The quantitative estimate of drug-likeness (QED) is 0.555. The van der Waals surface area contributed by atoms with Crippen molar-refractivity contribution < 1.29 is 13.2 Å². The van der Waals surface area contributed by atoms with Crippen LogP contribution in [0.5, 0.6) is 0 Å². The van der Waals surface area contributed by atoms with Gasteiger partial charge in [0.05, 0.1) is 10.6 Å². The van der Waals surface area contributed by atoms with Gasteiger partial charge in [-0.15, -0.1) is 0 Å². The number of amides is 1. The van der Waals surface area contributed by atoms with Crippen molar-refractivity contribution in [3.8, 4) is 0 Å². The number of sulfonamides is 1. The van der Waals surface area contributed by atoms with E-state index in [1.807, 2.05) is 46.8 Å². The van der Waals surface area contributed by atoms with E-state index in [0.717, 1.165) is 22.3 Å². The molecule has 0 spiro atoms. The van der Waals surface area contributed by atoms with Crippen molar-refractivity contribution in [2.75, 3.05) is 10.0 Å². The second-order valence-corrected chi connectivity index (χ2v) is 10.5. The van der Waals surface area contributed by atoms with E-state index in [9.17, 15) is 13.2 Å². The Morgan fingerprint density at radius 1 is 0.800 bits per heavy atom. The molecule has 0 radical (unpaired) electrons. The molecule has 0 saturated heterocycles. The zero-order valence-corrected chi connectivity index (χ0v) is 20.1. The van der Waals surface area contributed by atoms with E-state index in [2.05, 4.69) is 23.9 Å². The van der Waals surface area contributed by atoms with Crippen LogP contribution in [0.15, 0.2) is 35.2 Å². The highest BCUT2D eigenvalue weighted by molar-refractivity contribution is 7.92. The average molecular weight is 431 g/mol. The van der Waals surface area contributed by atoms with Gasteiger partial charge in [-0.3, -0.25) is 9.52 Å². The molecule has 2 aromatic rings. The van der Waals surface area contributed by atoms with E-state index in [1.165, 1.54) is 6.92 Å². The van der Waals surface area contributed by atoms with Gasteiger partial charge in [0.1, 0.15) is 0 Å². The molecule has 0 aromatic heterocycles. The lowest BCUT2D eigenvalue weighted by molar-refractivity contribution is -0.114. The minimum absolute atomic E-state index is 0.0558. The maximum Gasteiger partial charge on any atom is 0.262 e. The number of anilines is 2. The standard InChI is InChI=1S/C24H34N2O3S/c1-14(2)19-11-22(15(3)4)24(23(12-19)16(5)6)30(28,29)26-21-10-17(7)9-20(13-21)25-18(8)27/h9-16,26H,1-8H3,(H,25,27). The van der Waals surface area contributed by atoms with Crippen LogP contribution in [0, 0.1) is 6.92 Å². The van der Waals surface area contributed by atoms with Crippen LogP contribution in [-0.4, -0.2) is 14.3 Å². The van der Waals surface area contributed by atoms with Crippen molar-refractivity contribution in [1.29, 1.82) is 0 Å². The number of aryl methyl sites for hydroxylation is 1. The molecule has 6 heteroatoms. The summed E-state index contributed by atoms with van der Waals surface area (Å²) in [7, 11) is -3.83. The van der Waals surface area contributed by atoms with Crippen LogP contribution in [0.1, 0.15) is 88.5 Å². The van der Waals surface area contributed by atoms with Crippen molar-refractivity contribution in [3.05, 3.63) is 52.6 Å². The fourth-order valence-corrected chi connectivity index (χ4v) is 5.26. The second-order valence-electron chi connectivity index (χ2n) is 8.87. The van der Waals surface area contributed by atoms with Crippen LogP contribution in [0.3, 0.4) is 0 Å². The average Bonchev–Trinajstić information content (AvgIpc) is 2.58. The van der Waals surface area contributed by atoms with Gasteiger partial charge in [0.15, 0.2) is 0 Å². The van der Waals surface area contributed by atoms with Gasteiger partial charge in [-0.25, -0.2) is 8.42 Å². The molecule has 5 nitrogen and oxygen atoms in total. The highest BCUT2D eigenvalue weighted by Gasteiger charge is 2.27. The van der Waals surface area contributed by atoms with Gasteiger partial charge >= 0.3 is 0 Å². The third-order valence-corrected chi connectivity index (χ3v) is 6.51. The summed E-state index contributed by atoms with van der Waals surface area (Å²) in [6.45, 7) is 15.6. The third-order valence-electron chi connectivity index (χ3n) is 5.00. The number of carbonyl (C=O) groups excluding carboxylic acids is 1. The predicted octanol–water partition coefficient (Wildman–Crippen LogP) is 6.12. The van der Waals surface area contributed by atoms with Gasteiger partial charge in [-0.1, -0.05) is 53.7 Å². The molecule has 0 fully saturated rings. The summed E-state index contributed by atoms with van der Waals surface area (Å²) in [6, 6.07) is 9.24. The summed E-state index contributed by atoms with van der Waals surface area (Å²) in [5.41, 5.74) is 4.63. The molecule has 30 heavy (non-hydrogen) atoms. The Kier molecular flexibility index (Phi) is 7.35. The molecule has 0 aliphatic heterocycles. The van der Waals surface area contributed by atoms with Crippen LogP contribution in [0.4, 0.5) is 11.4 Å². The first-order valence-corrected chi connectivity index (χ1v) is 11.9. The SMILES string of the molecule is CC(=O)Nc1cc(C)cc(NS(=O)(=O)c2c(C(C)C)cc(C(C)C)cc2C(C)C)c1. The number of carbonyl (C=O) groups is 1. The van der Waals surface area contributed by atoms with E-state index in [-0.39, 0.29) is 17.7 Å². The molecule has 0 bridgehead atoms. The highest BCUT2D eigenvalue weighted by Crippen LogP contribution is 2.36. The topological polar surface area (TPSA) is 75.3 Å². The normalized spacial score (nSPS) is 12.0. The smallest absolute Gasteiger partial charge is 0.262 e. The molecule has 1 amide bonds. The van der Waals surface area contributed by atoms with E-state index in [1.54, 1.807) is 18.2 Å². The zero-order valence-electron chi connectivity index (χ0n) is 19.3. The molecule has 2 rings (SSSR count). The molecular formula is C24H34N2O3S. The first-order valence-electron chi connectivity index (χ1n) is 10.4.